The molecule has 2 aliphatic rings. The van der Waals surface area contributed by atoms with Crippen molar-refractivity contribution in [2.24, 2.45) is 0 Å². The van der Waals surface area contributed by atoms with E-state index in [9.17, 15) is 4.79 Å². The molecule has 1 atom stereocenters. The largest absolute Gasteiger partial charge is 0.368 e. The minimum absolute atomic E-state index is 0.137. The lowest BCUT2D eigenvalue weighted by Crippen LogP contribution is -2.52. The van der Waals surface area contributed by atoms with E-state index in [1.807, 2.05) is 18.3 Å². The topological polar surface area (TPSA) is 51.7 Å². The van der Waals surface area contributed by atoms with Crippen LogP contribution < -0.4 is 10.2 Å². The summed E-state index contributed by atoms with van der Waals surface area (Å²) in [6.07, 6.45) is 4.31. The highest BCUT2D eigenvalue weighted by Crippen LogP contribution is 2.27. The summed E-state index contributed by atoms with van der Waals surface area (Å²) in [6.45, 7) is 13.7. The van der Waals surface area contributed by atoms with Crippen LogP contribution in [0.15, 0.2) is 18.3 Å². The second kappa shape index (κ2) is 7.92. The van der Waals surface area contributed by atoms with Gasteiger partial charge >= 0.3 is 0 Å². The number of nitrogens with zero attached hydrogens (tertiary/aromatic N) is 4. The van der Waals surface area contributed by atoms with Gasteiger partial charge in [-0.3, -0.25) is 14.6 Å². The van der Waals surface area contributed by atoms with Crippen molar-refractivity contribution in [3.63, 3.8) is 0 Å². The molecule has 1 aromatic rings. The monoisotopic (exact) mass is 359 g/mol. The van der Waals surface area contributed by atoms with Crippen molar-refractivity contribution in [2.75, 3.05) is 51.2 Å². The average molecular weight is 360 g/mol. The molecule has 1 unspecified atom stereocenters. The third kappa shape index (κ3) is 4.01. The molecular formula is C20H33N5O. The summed E-state index contributed by atoms with van der Waals surface area (Å²) in [7, 11) is 1.63. The van der Waals surface area contributed by atoms with Crippen LogP contribution in [0.2, 0.25) is 0 Å². The van der Waals surface area contributed by atoms with Crippen molar-refractivity contribution >= 4 is 11.6 Å². The zero-order valence-electron chi connectivity index (χ0n) is 16.7. The first-order chi connectivity index (χ1) is 12.4. The predicted octanol–water partition coefficient (Wildman–Crippen LogP) is 1.83. The fourth-order valence-electron chi connectivity index (χ4n) is 3.99. The number of pyridine rings is 1. The summed E-state index contributed by atoms with van der Waals surface area (Å²) < 4.78 is 0. The first-order valence-corrected chi connectivity index (χ1v) is 9.87. The van der Waals surface area contributed by atoms with Crippen molar-refractivity contribution in [1.29, 1.82) is 0 Å². The van der Waals surface area contributed by atoms with Crippen LogP contribution >= 0.6 is 0 Å². The lowest BCUT2D eigenvalue weighted by Gasteiger charge is -2.40. The summed E-state index contributed by atoms with van der Waals surface area (Å²) in [6, 6.07) is 4.51. The highest BCUT2D eigenvalue weighted by atomic mass is 16.1. The number of carbonyl (C=O) groups is 1. The van der Waals surface area contributed by atoms with E-state index in [2.05, 4.69) is 45.8 Å². The number of hydrogen-bond acceptors (Lipinski definition) is 5. The minimum Gasteiger partial charge on any atom is -0.368 e. The highest BCUT2D eigenvalue weighted by molar-refractivity contribution is 5.92. The summed E-state index contributed by atoms with van der Waals surface area (Å²) >= 11 is 0. The fraction of sp³-hybridized carbons (Fsp3) is 0.700. The molecule has 26 heavy (non-hydrogen) atoms. The number of nitrogens with one attached hydrogen (secondary N) is 1. The van der Waals surface area contributed by atoms with Crippen LogP contribution in [0.4, 0.5) is 5.69 Å². The maximum Gasteiger partial charge on any atom is 0.269 e. The van der Waals surface area contributed by atoms with Gasteiger partial charge < -0.3 is 10.2 Å². The Morgan fingerprint density at radius 3 is 2.54 bits per heavy atom. The minimum atomic E-state index is -0.137. The summed E-state index contributed by atoms with van der Waals surface area (Å²) in [5.41, 5.74) is 1.89. The van der Waals surface area contributed by atoms with E-state index in [0.29, 0.717) is 17.3 Å². The quantitative estimate of drug-likeness (QED) is 0.869. The van der Waals surface area contributed by atoms with Gasteiger partial charge in [-0.2, -0.15) is 0 Å². The van der Waals surface area contributed by atoms with Crippen molar-refractivity contribution in [2.45, 2.75) is 45.2 Å². The maximum atomic E-state index is 11.6. The van der Waals surface area contributed by atoms with Crippen molar-refractivity contribution in [3.05, 3.63) is 24.0 Å². The number of amides is 1. The molecule has 0 spiro atoms. The molecule has 3 heterocycles. The Bertz CT molecular complexity index is 607. The number of rotatable bonds is 5. The Hall–Kier alpha value is -1.66. The molecule has 3 rings (SSSR count). The molecule has 144 valence electrons. The van der Waals surface area contributed by atoms with Crippen LogP contribution in [0.3, 0.4) is 0 Å². The molecule has 0 aliphatic carbocycles. The van der Waals surface area contributed by atoms with E-state index >= 15 is 0 Å². The van der Waals surface area contributed by atoms with E-state index in [0.717, 1.165) is 31.9 Å². The molecule has 2 aliphatic heterocycles. The molecular weight excluding hydrogens is 326 g/mol. The van der Waals surface area contributed by atoms with Crippen molar-refractivity contribution in [1.82, 2.24) is 20.1 Å². The Morgan fingerprint density at radius 2 is 1.96 bits per heavy atom. The molecule has 2 fully saturated rings. The van der Waals surface area contributed by atoms with Crippen LogP contribution in [-0.2, 0) is 0 Å². The van der Waals surface area contributed by atoms with Crippen LogP contribution in [0.1, 0.15) is 44.1 Å². The second-order valence-electron chi connectivity index (χ2n) is 8.06. The van der Waals surface area contributed by atoms with Crippen molar-refractivity contribution < 1.29 is 4.79 Å². The number of hydrogen-bond donors (Lipinski definition) is 1. The third-order valence-electron chi connectivity index (χ3n) is 6.29. The van der Waals surface area contributed by atoms with Gasteiger partial charge in [-0.25, -0.2) is 4.98 Å². The Morgan fingerprint density at radius 1 is 1.23 bits per heavy atom. The number of carbonyl (C=O) groups excluding carboxylic acids is 1. The number of likely N-dealkylation sites (tertiary alicyclic amines) is 1. The van der Waals surface area contributed by atoms with E-state index in [1.54, 1.807) is 7.05 Å². The van der Waals surface area contributed by atoms with E-state index in [4.69, 9.17) is 0 Å². The Balaban J connectivity index is 1.52. The zero-order valence-corrected chi connectivity index (χ0v) is 16.7. The zero-order chi connectivity index (χ0) is 18.7. The molecule has 1 aromatic heterocycles. The highest BCUT2D eigenvalue weighted by Gasteiger charge is 2.35. The normalized spacial score (nSPS) is 22.6. The van der Waals surface area contributed by atoms with Gasteiger partial charge in [0.15, 0.2) is 0 Å². The van der Waals surface area contributed by atoms with Crippen LogP contribution in [-0.4, -0.2) is 78.6 Å². The van der Waals surface area contributed by atoms with Crippen LogP contribution in [0.25, 0.3) is 0 Å². The van der Waals surface area contributed by atoms with Gasteiger partial charge in [0.05, 0.1) is 11.9 Å². The molecule has 0 saturated carbocycles. The molecule has 0 aromatic carbocycles. The second-order valence-corrected chi connectivity index (χ2v) is 8.06. The molecule has 1 amide bonds. The fourth-order valence-corrected chi connectivity index (χ4v) is 3.99. The summed E-state index contributed by atoms with van der Waals surface area (Å²) in [4.78, 5) is 23.6. The van der Waals surface area contributed by atoms with Gasteiger partial charge in [0.2, 0.25) is 0 Å². The van der Waals surface area contributed by atoms with Gasteiger partial charge in [0, 0.05) is 57.9 Å². The van der Waals surface area contributed by atoms with Gasteiger partial charge in [0.1, 0.15) is 5.69 Å². The first kappa shape index (κ1) is 19.1. The van der Waals surface area contributed by atoms with Crippen molar-refractivity contribution in [3.8, 4) is 0 Å². The molecule has 1 N–H and O–H groups in total. The Kier molecular flexibility index (Phi) is 5.82. The van der Waals surface area contributed by atoms with Gasteiger partial charge in [-0.05, 0) is 38.8 Å². The van der Waals surface area contributed by atoms with E-state index in [1.165, 1.54) is 25.9 Å². The first-order valence-electron chi connectivity index (χ1n) is 9.87. The van der Waals surface area contributed by atoms with Crippen LogP contribution in [0, 0.1) is 0 Å². The standard InChI is InChI=1S/C20H33N5O/c1-5-20(2,3)25-9-8-17(15-25)24-12-10-23(11-13-24)16-6-7-18(22-14-16)19(26)21-4/h6-7,14,17H,5,8-13,15H2,1-4H3,(H,21,26). The van der Waals surface area contributed by atoms with E-state index in [-0.39, 0.29) is 5.91 Å². The number of anilines is 1. The molecule has 2 saturated heterocycles. The maximum absolute atomic E-state index is 11.6. The average Bonchev–Trinajstić information content (AvgIpc) is 3.19. The molecule has 0 bridgehead atoms. The van der Waals surface area contributed by atoms with Gasteiger partial charge in [0.25, 0.3) is 5.91 Å². The van der Waals surface area contributed by atoms with Gasteiger partial charge in [-0.15, -0.1) is 0 Å². The van der Waals surface area contributed by atoms with Gasteiger partial charge in [-0.1, -0.05) is 6.92 Å². The summed E-state index contributed by atoms with van der Waals surface area (Å²) in [5.74, 6) is -0.137. The van der Waals surface area contributed by atoms with E-state index < -0.39 is 0 Å². The predicted molar refractivity (Wildman–Crippen MR) is 106 cm³/mol. The number of aromatic nitrogens is 1. The number of piperazine rings is 1. The smallest absolute Gasteiger partial charge is 0.269 e. The Labute approximate surface area is 157 Å². The summed E-state index contributed by atoms with van der Waals surface area (Å²) in [5, 5.41) is 2.61. The lowest BCUT2D eigenvalue weighted by molar-refractivity contribution is 0.0958. The molecule has 6 nitrogen and oxygen atoms in total. The molecule has 0 radical (unpaired) electrons. The third-order valence-corrected chi connectivity index (χ3v) is 6.29. The SMILES string of the molecule is CCC(C)(C)N1CCC(N2CCN(c3ccc(C(=O)NC)nc3)CC2)C1. The molecule has 6 heteroatoms. The van der Waals surface area contributed by atoms with Crippen LogP contribution in [0.5, 0.6) is 0 Å². The lowest BCUT2D eigenvalue weighted by atomic mass is 10.00.